The fourth-order valence-electron chi connectivity index (χ4n) is 5.81. The summed E-state index contributed by atoms with van der Waals surface area (Å²) in [6, 6.07) is 16.8. The number of nitrogens with zero attached hydrogens (tertiary/aromatic N) is 6. The Morgan fingerprint density at radius 1 is 0.846 bits per heavy atom. The summed E-state index contributed by atoms with van der Waals surface area (Å²) < 4.78 is 5.50. The van der Waals surface area contributed by atoms with E-state index in [-0.39, 0.29) is 0 Å². The number of H-pyrrole nitrogens is 2. The van der Waals surface area contributed by atoms with Crippen LogP contribution in [-0.4, -0.2) is 69.3 Å². The lowest BCUT2D eigenvalue weighted by atomic mass is 9.96. The largest absolute Gasteiger partial charge is 0.378 e. The number of rotatable bonds is 5. The molecule has 2 saturated heterocycles. The van der Waals surface area contributed by atoms with Gasteiger partial charge in [-0.15, -0.1) is 0 Å². The Morgan fingerprint density at radius 2 is 1.67 bits per heavy atom. The third-order valence-electron chi connectivity index (χ3n) is 7.94. The molecule has 0 atom stereocenters. The number of pyridine rings is 1. The monoisotopic (exact) mass is 520 g/mol. The normalized spacial score (nSPS) is 16.7. The minimum Gasteiger partial charge on any atom is -0.378 e. The van der Waals surface area contributed by atoms with E-state index < -0.39 is 0 Å². The third-order valence-corrected chi connectivity index (χ3v) is 7.94. The fraction of sp³-hybridized carbons (Fsp3) is 0.333. The summed E-state index contributed by atoms with van der Waals surface area (Å²) in [7, 11) is 0. The average molecular weight is 521 g/mol. The van der Waals surface area contributed by atoms with Crippen LogP contribution in [0, 0.1) is 6.92 Å². The van der Waals surface area contributed by atoms with Crippen LogP contribution in [0.3, 0.4) is 0 Å². The van der Waals surface area contributed by atoms with Crippen LogP contribution >= 0.6 is 0 Å². The van der Waals surface area contributed by atoms with E-state index in [1.165, 1.54) is 5.56 Å². The van der Waals surface area contributed by atoms with Gasteiger partial charge in [0.15, 0.2) is 0 Å². The molecule has 2 N–H and O–H groups in total. The summed E-state index contributed by atoms with van der Waals surface area (Å²) in [4.78, 5) is 30.6. The van der Waals surface area contributed by atoms with E-state index in [0.29, 0.717) is 5.92 Å². The SMILES string of the molecule is Cc1nc(C2CCN(c3ncnc4[nH]c(-c5ccnc(N6CCOCC6)c5)cc34)CC2)[nH]c1-c1ccccc1. The van der Waals surface area contributed by atoms with Crippen LogP contribution in [-0.2, 0) is 4.74 Å². The van der Waals surface area contributed by atoms with Gasteiger partial charge in [-0.1, -0.05) is 30.3 Å². The molecule has 0 bridgehead atoms. The number of benzene rings is 1. The number of fused-ring (bicyclic) bond motifs is 1. The van der Waals surface area contributed by atoms with Gasteiger partial charge in [0.2, 0.25) is 0 Å². The van der Waals surface area contributed by atoms with Crippen LogP contribution in [0.2, 0.25) is 0 Å². The van der Waals surface area contributed by atoms with Crippen molar-refractivity contribution in [3.05, 3.63) is 72.6 Å². The molecule has 7 rings (SSSR count). The van der Waals surface area contributed by atoms with Crippen molar-refractivity contribution in [1.29, 1.82) is 0 Å². The predicted octanol–water partition coefficient (Wildman–Crippen LogP) is 4.94. The maximum atomic E-state index is 5.50. The van der Waals surface area contributed by atoms with Gasteiger partial charge in [-0.25, -0.2) is 19.9 Å². The maximum absolute atomic E-state index is 5.50. The summed E-state index contributed by atoms with van der Waals surface area (Å²) in [5.74, 6) is 3.47. The highest BCUT2D eigenvalue weighted by Crippen LogP contribution is 2.34. The Balaban J connectivity index is 1.10. The summed E-state index contributed by atoms with van der Waals surface area (Å²) in [5, 5.41) is 1.05. The minimum absolute atomic E-state index is 0.409. The number of morpholine rings is 1. The predicted molar refractivity (Wildman–Crippen MR) is 153 cm³/mol. The van der Waals surface area contributed by atoms with Crippen molar-refractivity contribution in [2.45, 2.75) is 25.7 Å². The lowest BCUT2D eigenvalue weighted by Gasteiger charge is -2.32. The number of anilines is 2. The molecule has 9 nitrogen and oxygen atoms in total. The minimum atomic E-state index is 0.409. The van der Waals surface area contributed by atoms with E-state index >= 15 is 0 Å². The first-order valence-electron chi connectivity index (χ1n) is 13.7. The first-order valence-corrected chi connectivity index (χ1v) is 13.7. The molecule has 2 fully saturated rings. The number of imidazole rings is 1. The van der Waals surface area contributed by atoms with E-state index in [1.54, 1.807) is 6.33 Å². The lowest BCUT2D eigenvalue weighted by molar-refractivity contribution is 0.122. The van der Waals surface area contributed by atoms with Crippen LogP contribution < -0.4 is 9.80 Å². The van der Waals surface area contributed by atoms with Crippen molar-refractivity contribution in [3.63, 3.8) is 0 Å². The Bertz CT molecular complexity index is 1580. The second kappa shape index (κ2) is 10.1. The molecular formula is C30H32N8O. The number of aromatic nitrogens is 6. The summed E-state index contributed by atoms with van der Waals surface area (Å²) in [5.41, 5.74) is 6.34. The lowest BCUT2D eigenvalue weighted by Crippen LogP contribution is -2.36. The van der Waals surface area contributed by atoms with Crippen molar-refractivity contribution in [2.75, 3.05) is 49.2 Å². The molecule has 1 aromatic carbocycles. The van der Waals surface area contributed by atoms with Gasteiger partial charge in [-0.05, 0) is 43.5 Å². The van der Waals surface area contributed by atoms with Crippen LogP contribution in [0.25, 0.3) is 33.5 Å². The summed E-state index contributed by atoms with van der Waals surface area (Å²) in [6.07, 6.45) is 5.59. The first kappa shape index (κ1) is 23.8. The van der Waals surface area contributed by atoms with Crippen LogP contribution in [0.4, 0.5) is 11.6 Å². The Labute approximate surface area is 227 Å². The molecule has 9 heteroatoms. The van der Waals surface area contributed by atoms with Crippen molar-refractivity contribution in [2.24, 2.45) is 0 Å². The van der Waals surface area contributed by atoms with E-state index in [0.717, 1.165) is 103 Å². The molecule has 0 amide bonds. The van der Waals surface area contributed by atoms with Gasteiger partial charge in [-0.3, -0.25) is 0 Å². The fourth-order valence-corrected chi connectivity index (χ4v) is 5.81. The second-order valence-electron chi connectivity index (χ2n) is 10.4. The van der Waals surface area contributed by atoms with Gasteiger partial charge in [0, 0.05) is 49.6 Å². The molecule has 2 aliphatic rings. The number of hydrogen-bond acceptors (Lipinski definition) is 7. The number of piperidine rings is 1. The Morgan fingerprint density at radius 3 is 2.49 bits per heavy atom. The zero-order valence-electron chi connectivity index (χ0n) is 22.1. The number of aromatic amines is 2. The number of ether oxygens (including phenoxy) is 1. The second-order valence-corrected chi connectivity index (χ2v) is 10.4. The number of nitrogens with one attached hydrogen (secondary N) is 2. The highest BCUT2D eigenvalue weighted by atomic mass is 16.5. The summed E-state index contributed by atoms with van der Waals surface area (Å²) in [6.45, 7) is 7.14. The molecule has 6 heterocycles. The van der Waals surface area contributed by atoms with Gasteiger partial charge in [-0.2, -0.15) is 0 Å². The van der Waals surface area contributed by atoms with Crippen molar-refractivity contribution in [3.8, 4) is 22.5 Å². The Hall–Kier alpha value is -4.24. The molecule has 4 aromatic heterocycles. The van der Waals surface area contributed by atoms with Gasteiger partial charge in [0.25, 0.3) is 0 Å². The topological polar surface area (TPSA) is 98.8 Å². The van der Waals surface area contributed by atoms with Crippen LogP contribution in [0.1, 0.15) is 30.3 Å². The third kappa shape index (κ3) is 4.63. The quantitative estimate of drug-likeness (QED) is 0.339. The van der Waals surface area contributed by atoms with E-state index in [4.69, 9.17) is 14.7 Å². The smallest absolute Gasteiger partial charge is 0.143 e. The van der Waals surface area contributed by atoms with E-state index in [9.17, 15) is 0 Å². The summed E-state index contributed by atoms with van der Waals surface area (Å²) >= 11 is 0. The zero-order valence-corrected chi connectivity index (χ0v) is 22.1. The number of hydrogen-bond donors (Lipinski definition) is 2. The Kier molecular flexibility index (Phi) is 6.20. The number of aryl methyl sites for hydroxylation is 1. The molecule has 198 valence electrons. The molecule has 0 spiro atoms. The van der Waals surface area contributed by atoms with E-state index in [2.05, 4.69) is 73.1 Å². The molecule has 2 aliphatic heterocycles. The molecule has 0 saturated carbocycles. The molecular weight excluding hydrogens is 488 g/mol. The standard InChI is InChI=1S/C30H32N8O/c1-20-27(21-5-3-2-4-6-21)36-28(34-20)22-8-11-38(12-9-22)30-24-18-25(35-29(24)32-19-33-30)23-7-10-31-26(17-23)37-13-15-39-16-14-37/h2-7,10,17-19,22H,8-9,11-16H2,1H3,(H,34,36)(H,32,33,35). The van der Waals surface area contributed by atoms with Gasteiger partial charge >= 0.3 is 0 Å². The van der Waals surface area contributed by atoms with Crippen LogP contribution in [0.5, 0.6) is 0 Å². The van der Waals surface area contributed by atoms with Gasteiger partial charge in [0.1, 0.15) is 29.4 Å². The highest BCUT2D eigenvalue weighted by molar-refractivity contribution is 5.92. The molecule has 0 radical (unpaired) electrons. The zero-order chi connectivity index (χ0) is 26.2. The molecule has 0 unspecified atom stereocenters. The van der Waals surface area contributed by atoms with Gasteiger partial charge < -0.3 is 24.5 Å². The highest BCUT2D eigenvalue weighted by Gasteiger charge is 2.26. The van der Waals surface area contributed by atoms with Gasteiger partial charge in [0.05, 0.1) is 30.0 Å². The molecule has 39 heavy (non-hydrogen) atoms. The first-order chi connectivity index (χ1) is 19.2. The van der Waals surface area contributed by atoms with Crippen molar-refractivity contribution < 1.29 is 4.74 Å². The van der Waals surface area contributed by atoms with Crippen molar-refractivity contribution in [1.82, 2.24) is 29.9 Å². The van der Waals surface area contributed by atoms with E-state index in [1.807, 2.05) is 18.3 Å². The van der Waals surface area contributed by atoms with Crippen molar-refractivity contribution >= 4 is 22.7 Å². The van der Waals surface area contributed by atoms with Crippen LogP contribution in [0.15, 0.2) is 61.1 Å². The average Bonchev–Trinajstić information content (AvgIpc) is 3.62. The molecule has 5 aromatic rings. The molecule has 0 aliphatic carbocycles. The maximum Gasteiger partial charge on any atom is 0.143 e.